The minimum Gasteiger partial charge on any atom is -0.335 e. The number of aryl methyl sites for hydroxylation is 1. The minimum absolute atomic E-state index is 0.127. The molecule has 0 saturated carbocycles. The Morgan fingerprint density at radius 2 is 2.30 bits per heavy atom. The Bertz CT molecular complexity index is 599. The number of carbonyl (C=O) groups is 3. The fourth-order valence-corrected chi connectivity index (χ4v) is 3.46. The van der Waals surface area contributed by atoms with E-state index in [9.17, 15) is 14.4 Å². The molecule has 2 aliphatic heterocycles. The standard InChI is InChI=1S/C12H14N4O3S/c1-7-8(20-6-13-7)9(17)16-4-2-3-12(5-16)10(18)14-11(19)15-12/h6H,2-5H2,1H3,(H2,14,15,18,19). The van der Waals surface area contributed by atoms with Gasteiger partial charge >= 0.3 is 6.03 Å². The van der Waals surface area contributed by atoms with Crippen LogP contribution in [0.3, 0.4) is 0 Å². The highest BCUT2D eigenvalue weighted by atomic mass is 32.1. The van der Waals surface area contributed by atoms with Crippen molar-refractivity contribution in [3.8, 4) is 0 Å². The molecule has 2 saturated heterocycles. The molecule has 2 fully saturated rings. The first-order valence-electron chi connectivity index (χ1n) is 6.35. The lowest BCUT2D eigenvalue weighted by Crippen LogP contribution is -2.59. The van der Waals surface area contributed by atoms with E-state index in [0.717, 1.165) is 0 Å². The summed E-state index contributed by atoms with van der Waals surface area (Å²) in [4.78, 5) is 42.0. The van der Waals surface area contributed by atoms with Crippen molar-refractivity contribution in [3.05, 3.63) is 16.1 Å². The van der Waals surface area contributed by atoms with Crippen LogP contribution in [0.15, 0.2) is 5.51 Å². The third-order valence-electron chi connectivity index (χ3n) is 3.73. The molecule has 1 unspecified atom stereocenters. The molecule has 0 aromatic carbocycles. The molecule has 1 atom stereocenters. The summed E-state index contributed by atoms with van der Waals surface area (Å²) in [6.45, 7) is 2.58. The second-order valence-electron chi connectivity index (χ2n) is 5.09. The van der Waals surface area contributed by atoms with E-state index >= 15 is 0 Å². The molecule has 20 heavy (non-hydrogen) atoms. The SMILES string of the molecule is Cc1ncsc1C(=O)N1CCCC2(C1)NC(=O)NC2=O. The summed E-state index contributed by atoms with van der Waals surface area (Å²) in [6, 6.07) is -0.488. The Labute approximate surface area is 119 Å². The molecular weight excluding hydrogens is 280 g/mol. The van der Waals surface area contributed by atoms with E-state index in [1.54, 1.807) is 17.3 Å². The number of nitrogens with zero attached hydrogens (tertiary/aromatic N) is 2. The lowest BCUT2D eigenvalue weighted by molar-refractivity contribution is -0.125. The van der Waals surface area contributed by atoms with E-state index in [1.165, 1.54) is 11.3 Å². The summed E-state index contributed by atoms with van der Waals surface area (Å²) in [5, 5.41) is 4.90. The lowest BCUT2D eigenvalue weighted by Gasteiger charge is -2.37. The van der Waals surface area contributed by atoms with Gasteiger partial charge in [0, 0.05) is 6.54 Å². The van der Waals surface area contributed by atoms with Gasteiger partial charge in [-0.05, 0) is 19.8 Å². The molecule has 1 spiro atoms. The molecular formula is C12H14N4O3S. The summed E-state index contributed by atoms with van der Waals surface area (Å²) in [5.74, 6) is -0.473. The number of hydrogen-bond donors (Lipinski definition) is 2. The highest BCUT2D eigenvalue weighted by Crippen LogP contribution is 2.26. The average Bonchev–Trinajstić information content (AvgIpc) is 2.94. The normalized spacial score (nSPS) is 25.8. The van der Waals surface area contributed by atoms with Crippen LogP contribution in [0.5, 0.6) is 0 Å². The third kappa shape index (κ3) is 1.96. The quantitative estimate of drug-likeness (QED) is 0.727. The first-order valence-corrected chi connectivity index (χ1v) is 7.23. The van der Waals surface area contributed by atoms with Crippen molar-refractivity contribution in [1.29, 1.82) is 0 Å². The van der Waals surface area contributed by atoms with Crippen molar-refractivity contribution in [3.63, 3.8) is 0 Å². The molecule has 1 aromatic heterocycles. The van der Waals surface area contributed by atoms with E-state index in [4.69, 9.17) is 0 Å². The highest BCUT2D eigenvalue weighted by molar-refractivity contribution is 7.11. The van der Waals surface area contributed by atoms with Gasteiger partial charge in [-0.3, -0.25) is 14.9 Å². The topological polar surface area (TPSA) is 91.4 Å². The van der Waals surface area contributed by atoms with Crippen molar-refractivity contribution in [2.75, 3.05) is 13.1 Å². The monoisotopic (exact) mass is 294 g/mol. The lowest BCUT2D eigenvalue weighted by atomic mass is 9.89. The first kappa shape index (κ1) is 13.0. The number of urea groups is 1. The summed E-state index contributed by atoms with van der Waals surface area (Å²) >= 11 is 1.29. The van der Waals surface area contributed by atoms with E-state index in [-0.39, 0.29) is 18.4 Å². The maximum Gasteiger partial charge on any atom is 0.322 e. The minimum atomic E-state index is -0.969. The van der Waals surface area contributed by atoms with Gasteiger partial charge in [-0.15, -0.1) is 11.3 Å². The molecule has 0 aliphatic carbocycles. The van der Waals surface area contributed by atoms with E-state index in [1.807, 2.05) is 0 Å². The Hall–Kier alpha value is -1.96. The molecule has 3 heterocycles. The molecule has 2 aliphatic rings. The fourth-order valence-electron chi connectivity index (χ4n) is 2.70. The number of likely N-dealkylation sites (tertiary alicyclic amines) is 1. The zero-order chi connectivity index (χ0) is 14.3. The summed E-state index contributed by atoms with van der Waals surface area (Å²) in [5.41, 5.74) is 1.36. The maximum atomic E-state index is 12.5. The van der Waals surface area contributed by atoms with E-state index in [2.05, 4.69) is 15.6 Å². The molecule has 106 valence electrons. The van der Waals surface area contributed by atoms with Gasteiger partial charge in [-0.2, -0.15) is 0 Å². The van der Waals surface area contributed by atoms with Crippen LogP contribution in [0.4, 0.5) is 4.79 Å². The van der Waals surface area contributed by atoms with Crippen molar-refractivity contribution in [2.45, 2.75) is 25.3 Å². The number of imide groups is 1. The van der Waals surface area contributed by atoms with Gasteiger partial charge < -0.3 is 10.2 Å². The summed E-state index contributed by atoms with van der Waals surface area (Å²) in [6.07, 6.45) is 1.23. The average molecular weight is 294 g/mol. The van der Waals surface area contributed by atoms with Crippen LogP contribution in [0.1, 0.15) is 28.2 Å². The highest BCUT2D eigenvalue weighted by Gasteiger charge is 2.49. The number of aromatic nitrogens is 1. The predicted molar refractivity (Wildman–Crippen MR) is 71.4 cm³/mol. The number of rotatable bonds is 1. The number of carbonyl (C=O) groups excluding carboxylic acids is 3. The van der Waals surface area contributed by atoms with Crippen LogP contribution in [0.2, 0.25) is 0 Å². The molecule has 4 amide bonds. The smallest absolute Gasteiger partial charge is 0.322 e. The van der Waals surface area contributed by atoms with Crippen molar-refractivity contribution < 1.29 is 14.4 Å². The molecule has 0 radical (unpaired) electrons. The van der Waals surface area contributed by atoms with Gasteiger partial charge in [0.2, 0.25) is 0 Å². The number of amides is 4. The van der Waals surface area contributed by atoms with Gasteiger partial charge in [-0.1, -0.05) is 0 Å². The second-order valence-corrected chi connectivity index (χ2v) is 5.94. The first-order chi connectivity index (χ1) is 9.52. The van der Waals surface area contributed by atoms with Crippen LogP contribution < -0.4 is 10.6 Å². The predicted octanol–water partition coefficient (Wildman–Crippen LogP) is 0.266. The zero-order valence-electron chi connectivity index (χ0n) is 10.9. The fraction of sp³-hybridized carbons (Fsp3) is 0.500. The molecule has 7 nitrogen and oxygen atoms in total. The van der Waals surface area contributed by atoms with Crippen LogP contribution in [-0.4, -0.2) is 46.4 Å². The largest absolute Gasteiger partial charge is 0.335 e. The summed E-state index contributed by atoms with van der Waals surface area (Å²) < 4.78 is 0. The van der Waals surface area contributed by atoms with Crippen molar-refractivity contribution >= 4 is 29.2 Å². The second kappa shape index (κ2) is 4.55. The van der Waals surface area contributed by atoms with Gasteiger partial charge in [0.25, 0.3) is 11.8 Å². The van der Waals surface area contributed by atoms with Gasteiger partial charge in [-0.25, -0.2) is 9.78 Å². The van der Waals surface area contributed by atoms with Gasteiger partial charge in [0.1, 0.15) is 10.4 Å². The number of hydrogen-bond acceptors (Lipinski definition) is 5. The van der Waals surface area contributed by atoms with Crippen LogP contribution in [-0.2, 0) is 4.79 Å². The van der Waals surface area contributed by atoms with Crippen LogP contribution in [0.25, 0.3) is 0 Å². The molecule has 2 N–H and O–H groups in total. The molecule has 1 aromatic rings. The van der Waals surface area contributed by atoms with Crippen LogP contribution >= 0.6 is 11.3 Å². The van der Waals surface area contributed by atoms with Crippen LogP contribution in [0, 0.1) is 6.92 Å². The number of thiazole rings is 1. The number of nitrogens with one attached hydrogen (secondary N) is 2. The van der Waals surface area contributed by atoms with Gasteiger partial charge in [0.05, 0.1) is 17.7 Å². The maximum absolute atomic E-state index is 12.5. The third-order valence-corrected chi connectivity index (χ3v) is 4.65. The van der Waals surface area contributed by atoms with Crippen molar-refractivity contribution in [2.24, 2.45) is 0 Å². The Morgan fingerprint density at radius 1 is 1.50 bits per heavy atom. The Morgan fingerprint density at radius 3 is 2.90 bits per heavy atom. The van der Waals surface area contributed by atoms with E-state index < -0.39 is 11.6 Å². The zero-order valence-corrected chi connectivity index (χ0v) is 11.7. The molecule has 0 bridgehead atoms. The van der Waals surface area contributed by atoms with Crippen molar-refractivity contribution in [1.82, 2.24) is 20.5 Å². The molecule has 8 heteroatoms. The summed E-state index contributed by atoms with van der Waals surface area (Å²) in [7, 11) is 0. The van der Waals surface area contributed by atoms with Gasteiger partial charge in [0.15, 0.2) is 0 Å². The van der Waals surface area contributed by atoms with E-state index in [0.29, 0.717) is 30.0 Å². The Balaban J connectivity index is 1.82. The number of piperidine rings is 1. The Kier molecular flexibility index (Phi) is 2.97. The molecule has 3 rings (SSSR count).